The van der Waals surface area contributed by atoms with E-state index in [1.54, 1.807) is 0 Å². The molecule has 0 spiro atoms. The van der Waals surface area contributed by atoms with E-state index in [0.717, 1.165) is 11.8 Å². The minimum atomic E-state index is 0.0325. The zero-order chi connectivity index (χ0) is 9.22. The largest absolute Gasteiger partial charge is 0.454 e. The van der Waals surface area contributed by atoms with Crippen molar-refractivity contribution in [3.63, 3.8) is 0 Å². The first-order valence-electron chi connectivity index (χ1n) is 5.40. The highest BCUT2D eigenvalue weighted by Crippen LogP contribution is 2.61. The molecule has 2 bridgehead atoms. The van der Waals surface area contributed by atoms with Crippen LogP contribution in [0.5, 0.6) is 0 Å². The van der Waals surface area contributed by atoms with Gasteiger partial charge in [0, 0.05) is 0 Å². The van der Waals surface area contributed by atoms with Crippen LogP contribution in [0, 0.1) is 17.3 Å². The number of hydrogen-bond acceptors (Lipinski definition) is 2. The predicted molar refractivity (Wildman–Crippen MR) is 51.4 cm³/mol. The number of hydrogen-bond donors (Lipinski definition) is 0. The average molecular weight is 180 g/mol. The number of rotatable bonds is 0. The highest BCUT2D eigenvalue weighted by molar-refractivity contribution is 6.43. The molecule has 72 valence electrons. The smallest absolute Gasteiger partial charge is 0.406 e. The molecule has 3 heteroatoms. The van der Waals surface area contributed by atoms with Crippen LogP contribution >= 0.6 is 0 Å². The van der Waals surface area contributed by atoms with Crippen molar-refractivity contribution in [1.29, 1.82) is 0 Å². The van der Waals surface area contributed by atoms with Crippen LogP contribution in [0.1, 0.15) is 26.7 Å². The molecular formula is C10H17BO2. The van der Waals surface area contributed by atoms with Crippen molar-refractivity contribution < 1.29 is 9.31 Å². The van der Waals surface area contributed by atoms with Crippen LogP contribution in [0.3, 0.4) is 0 Å². The van der Waals surface area contributed by atoms with E-state index >= 15 is 0 Å². The molecule has 4 aliphatic rings. The van der Waals surface area contributed by atoms with Gasteiger partial charge in [0.15, 0.2) is 0 Å². The molecule has 0 N–H and O–H groups in total. The van der Waals surface area contributed by atoms with Gasteiger partial charge in [-0.05, 0) is 36.9 Å². The minimum absolute atomic E-state index is 0.0325. The van der Waals surface area contributed by atoms with Gasteiger partial charge in [0.05, 0.1) is 12.2 Å². The first kappa shape index (κ1) is 8.31. The fraction of sp³-hybridized carbons (Fsp3) is 1.00. The second-order valence-electron chi connectivity index (χ2n) is 5.44. The van der Waals surface area contributed by atoms with Crippen LogP contribution in [-0.2, 0) is 9.31 Å². The van der Waals surface area contributed by atoms with Gasteiger partial charge in [0.1, 0.15) is 0 Å². The van der Waals surface area contributed by atoms with Gasteiger partial charge in [0.2, 0.25) is 0 Å². The van der Waals surface area contributed by atoms with Crippen LogP contribution in [0.4, 0.5) is 0 Å². The zero-order valence-electron chi connectivity index (χ0n) is 8.62. The quantitative estimate of drug-likeness (QED) is 0.530. The Morgan fingerprint density at radius 2 is 2.00 bits per heavy atom. The van der Waals surface area contributed by atoms with E-state index in [4.69, 9.17) is 9.31 Å². The molecule has 1 heterocycles. The Kier molecular flexibility index (Phi) is 1.48. The maximum atomic E-state index is 5.83. The first-order chi connectivity index (χ1) is 6.09. The Morgan fingerprint density at radius 1 is 1.23 bits per heavy atom. The highest BCUT2D eigenvalue weighted by atomic mass is 16.7. The average Bonchev–Trinajstić information content (AvgIpc) is 2.42. The van der Waals surface area contributed by atoms with Crippen molar-refractivity contribution in [2.75, 3.05) is 0 Å². The molecule has 4 unspecified atom stereocenters. The Balaban J connectivity index is 1.85. The third-order valence-electron chi connectivity index (χ3n) is 4.54. The van der Waals surface area contributed by atoms with Gasteiger partial charge in [-0.2, -0.15) is 0 Å². The second kappa shape index (κ2) is 2.32. The molecule has 3 aliphatic carbocycles. The van der Waals surface area contributed by atoms with Crippen LogP contribution < -0.4 is 0 Å². The molecule has 0 radical (unpaired) electrons. The van der Waals surface area contributed by atoms with Crippen molar-refractivity contribution >= 4 is 7.12 Å². The molecule has 3 saturated carbocycles. The summed E-state index contributed by atoms with van der Waals surface area (Å²) in [5, 5.41) is 0. The van der Waals surface area contributed by atoms with Crippen LogP contribution in [0.25, 0.3) is 0 Å². The summed E-state index contributed by atoms with van der Waals surface area (Å²) in [6, 6.07) is 0. The van der Waals surface area contributed by atoms with Gasteiger partial charge in [-0.25, -0.2) is 0 Å². The summed E-state index contributed by atoms with van der Waals surface area (Å²) in [6.07, 6.45) is 3.39. The third kappa shape index (κ3) is 0.923. The van der Waals surface area contributed by atoms with Crippen molar-refractivity contribution in [2.45, 2.75) is 45.7 Å². The van der Waals surface area contributed by atoms with Gasteiger partial charge in [-0.3, -0.25) is 0 Å². The third-order valence-corrected chi connectivity index (χ3v) is 4.54. The van der Waals surface area contributed by atoms with Crippen molar-refractivity contribution in [1.82, 2.24) is 0 Å². The summed E-state index contributed by atoms with van der Waals surface area (Å²) in [7, 11) is 0.0325. The molecule has 4 atom stereocenters. The molecule has 13 heavy (non-hydrogen) atoms. The van der Waals surface area contributed by atoms with Gasteiger partial charge >= 0.3 is 7.12 Å². The van der Waals surface area contributed by atoms with Crippen molar-refractivity contribution in [3.8, 4) is 0 Å². The molecule has 4 fully saturated rings. The highest BCUT2D eigenvalue weighted by Gasteiger charge is 2.61. The van der Waals surface area contributed by atoms with Crippen molar-refractivity contribution in [3.05, 3.63) is 0 Å². The monoisotopic (exact) mass is 180 g/mol. The lowest BCUT2D eigenvalue weighted by Gasteiger charge is -2.60. The van der Waals surface area contributed by atoms with E-state index in [9.17, 15) is 0 Å². The SMILES string of the molecule is CB1OC2CC3CC(C2O1)C3(C)C. The van der Waals surface area contributed by atoms with Crippen LogP contribution in [0.15, 0.2) is 0 Å². The van der Waals surface area contributed by atoms with Crippen LogP contribution in [-0.4, -0.2) is 19.3 Å². The van der Waals surface area contributed by atoms with Crippen LogP contribution in [0.2, 0.25) is 6.82 Å². The molecule has 0 aromatic rings. The van der Waals surface area contributed by atoms with E-state index in [2.05, 4.69) is 13.8 Å². The zero-order valence-corrected chi connectivity index (χ0v) is 8.62. The molecule has 0 aromatic heterocycles. The Morgan fingerprint density at radius 3 is 2.69 bits per heavy atom. The molecule has 1 aliphatic heterocycles. The normalized spacial score (nSPS) is 51.5. The summed E-state index contributed by atoms with van der Waals surface area (Å²) in [5.41, 5.74) is 0.509. The van der Waals surface area contributed by atoms with Crippen molar-refractivity contribution in [2.24, 2.45) is 17.3 Å². The fourth-order valence-corrected chi connectivity index (χ4v) is 3.50. The minimum Gasteiger partial charge on any atom is -0.406 e. The molecular weight excluding hydrogens is 163 g/mol. The molecule has 0 amide bonds. The fourth-order valence-electron chi connectivity index (χ4n) is 3.50. The first-order valence-corrected chi connectivity index (χ1v) is 5.40. The lowest BCUT2D eigenvalue weighted by Crippen LogP contribution is -2.59. The van der Waals surface area contributed by atoms with Gasteiger partial charge in [-0.1, -0.05) is 13.8 Å². The lowest BCUT2D eigenvalue weighted by molar-refractivity contribution is -0.150. The topological polar surface area (TPSA) is 18.5 Å². The summed E-state index contributed by atoms with van der Waals surface area (Å²) >= 11 is 0. The predicted octanol–water partition coefficient (Wildman–Crippen LogP) is 1.95. The van der Waals surface area contributed by atoms with Gasteiger partial charge in [0.25, 0.3) is 0 Å². The molecule has 1 saturated heterocycles. The molecule has 0 aromatic carbocycles. The van der Waals surface area contributed by atoms with E-state index < -0.39 is 0 Å². The van der Waals surface area contributed by atoms with Gasteiger partial charge in [-0.15, -0.1) is 0 Å². The Bertz CT molecular complexity index is 241. The van der Waals surface area contributed by atoms with E-state index in [1.807, 2.05) is 6.82 Å². The molecule has 2 nitrogen and oxygen atoms in total. The standard InChI is InChI=1S/C10H17BO2/c1-10(2)6-4-7(10)9-8(5-6)12-11(3)13-9/h6-9H,4-5H2,1-3H3. The Hall–Kier alpha value is -0.0151. The summed E-state index contributed by atoms with van der Waals surface area (Å²) < 4.78 is 11.6. The lowest BCUT2D eigenvalue weighted by atomic mass is 9.47. The van der Waals surface area contributed by atoms with E-state index in [0.29, 0.717) is 17.6 Å². The summed E-state index contributed by atoms with van der Waals surface area (Å²) in [6.45, 7) is 6.78. The summed E-state index contributed by atoms with van der Waals surface area (Å²) in [4.78, 5) is 0. The molecule has 4 rings (SSSR count). The second-order valence-corrected chi connectivity index (χ2v) is 5.44. The van der Waals surface area contributed by atoms with E-state index in [-0.39, 0.29) is 7.12 Å². The Labute approximate surface area is 80.1 Å². The summed E-state index contributed by atoms with van der Waals surface area (Å²) in [5.74, 6) is 1.63. The maximum Gasteiger partial charge on any atom is 0.454 e. The van der Waals surface area contributed by atoms with E-state index in [1.165, 1.54) is 12.8 Å². The van der Waals surface area contributed by atoms with Gasteiger partial charge < -0.3 is 9.31 Å². The maximum absolute atomic E-state index is 5.83.